The smallest absolute Gasteiger partial charge is 0.246 e. The van der Waals surface area contributed by atoms with Gasteiger partial charge in [-0.3, -0.25) is 4.68 Å². The zero-order valence-corrected chi connectivity index (χ0v) is 13.5. The van der Waals surface area contributed by atoms with E-state index in [0.29, 0.717) is 13.1 Å². The predicted octanol–water partition coefficient (Wildman–Crippen LogP) is 0.292. The first-order valence-electron chi connectivity index (χ1n) is 7.29. The van der Waals surface area contributed by atoms with Crippen LogP contribution in [-0.4, -0.2) is 62.4 Å². The Morgan fingerprint density at radius 2 is 2.33 bits per heavy atom. The van der Waals surface area contributed by atoms with Gasteiger partial charge in [-0.25, -0.2) is 8.42 Å². The van der Waals surface area contributed by atoms with E-state index in [1.165, 1.54) is 10.5 Å². The van der Waals surface area contributed by atoms with E-state index in [1.54, 1.807) is 17.9 Å². The molecule has 2 heterocycles. The van der Waals surface area contributed by atoms with Crippen LogP contribution in [0.5, 0.6) is 0 Å². The molecule has 1 aliphatic rings. The first-order valence-corrected chi connectivity index (χ1v) is 8.73. The largest absolute Gasteiger partial charge is 0.377 e. The van der Waals surface area contributed by atoms with Crippen molar-refractivity contribution in [3.8, 4) is 0 Å². The average molecular weight is 316 g/mol. The fourth-order valence-corrected chi connectivity index (χ4v) is 3.50. The van der Waals surface area contributed by atoms with Gasteiger partial charge in [0, 0.05) is 32.9 Å². The van der Waals surface area contributed by atoms with E-state index in [-0.39, 0.29) is 11.0 Å². The predicted molar refractivity (Wildman–Crippen MR) is 79.6 cm³/mol. The van der Waals surface area contributed by atoms with Gasteiger partial charge in [0.2, 0.25) is 10.0 Å². The van der Waals surface area contributed by atoms with Gasteiger partial charge in [-0.15, -0.1) is 0 Å². The molecule has 1 N–H and O–H groups in total. The Morgan fingerprint density at radius 3 is 3.00 bits per heavy atom. The Kier molecular flexibility index (Phi) is 5.74. The van der Waals surface area contributed by atoms with E-state index in [1.807, 2.05) is 7.05 Å². The molecule has 1 aromatic heterocycles. The topological polar surface area (TPSA) is 76.5 Å². The van der Waals surface area contributed by atoms with Crippen LogP contribution >= 0.6 is 0 Å². The highest BCUT2D eigenvalue weighted by atomic mass is 32.2. The Bertz CT molecular complexity index is 537. The molecule has 0 saturated carbocycles. The Labute approximate surface area is 126 Å². The lowest BCUT2D eigenvalue weighted by Gasteiger charge is -2.26. The van der Waals surface area contributed by atoms with Crippen molar-refractivity contribution in [2.45, 2.75) is 36.8 Å². The quantitative estimate of drug-likeness (QED) is 0.782. The zero-order valence-electron chi connectivity index (χ0n) is 12.7. The third-order valence-electron chi connectivity index (χ3n) is 3.64. The summed E-state index contributed by atoms with van der Waals surface area (Å²) in [7, 11) is -0.0512. The minimum absolute atomic E-state index is 0.00198. The number of likely N-dealkylation sites (N-methyl/N-ethyl adjacent to an activating group) is 2. The molecule has 1 aliphatic heterocycles. The molecule has 0 amide bonds. The monoisotopic (exact) mass is 316 g/mol. The van der Waals surface area contributed by atoms with Gasteiger partial charge in [-0.2, -0.15) is 9.40 Å². The Hall–Kier alpha value is -0.960. The molecule has 21 heavy (non-hydrogen) atoms. The maximum atomic E-state index is 12.5. The molecular weight excluding hydrogens is 292 g/mol. The molecule has 1 unspecified atom stereocenters. The van der Waals surface area contributed by atoms with Gasteiger partial charge in [0.1, 0.15) is 4.90 Å². The molecule has 120 valence electrons. The first-order chi connectivity index (χ1) is 10.0. The number of rotatable bonds is 7. The molecule has 1 saturated heterocycles. The Balaban J connectivity index is 2.00. The SMILES string of the molecule is CNCCn1cc(S(=O)(=O)N(C)CC2CCCCO2)cn1. The molecule has 8 heteroatoms. The fraction of sp³-hybridized carbons (Fsp3) is 0.769. The van der Waals surface area contributed by atoms with Crippen LogP contribution in [0.4, 0.5) is 0 Å². The van der Waals surface area contributed by atoms with Gasteiger partial charge in [-0.1, -0.05) is 0 Å². The van der Waals surface area contributed by atoms with Crippen molar-refractivity contribution >= 4 is 10.0 Å². The van der Waals surface area contributed by atoms with Crippen LogP contribution in [0.2, 0.25) is 0 Å². The van der Waals surface area contributed by atoms with Gasteiger partial charge in [0.05, 0.1) is 18.8 Å². The molecule has 1 aromatic rings. The standard InChI is InChI=1S/C13H24N4O3S/c1-14-6-7-17-11-13(9-15-17)21(18,19)16(2)10-12-5-3-4-8-20-12/h9,11-12,14H,3-8,10H2,1-2H3. The minimum atomic E-state index is -3.49. The first kappa shape index (κ1) is 16.4. The van der Waals surface area contributed by atoms with E-state index < -0.39 is 10.0 Å². The maximum absolute atomic E-state index is 12.5. The number of hydrogen-bond donors (Lipinski definition) is 1. The summed E-state index contributed by atoms with van der Waals surface area (Å²) < 4.78 is 33.6. The summed E-state index contributed by atoms with van der Waals surface area (Å²) in [5, 5.41) is 7.09. The van der Waals surface area contributed by atoms with Crippen molar-refractivity contribution < 1.29 is 13.2 Å². The van der Waals surface area contributed by atoms with Crippen LogP contribution in [0.25, 0.3) is 0 Å². The van der Waals surface area contributed by atoms with Crippen molar-refractivity contribution in [3.05, 3.63) is 12.4 Å². The number of nitrogens with one attached hydrogen (secondary N) is 1. The molecule has 0 bridgehead atoms. The van der Waals surface area contributed by atoms with Gasteiger partial charge in [0.25, 0.3) is 0 Å². The van der Waals surface area contributed by atoms with Crippen LogP contribution in [0, 0.1) is 0 Å². The lowest BCUT2D eigenvalue weighted by Crippen LogP contribution is -2.37. The molecule has 7 nitrogen and oxygen atoms in total. The molecular formula is C13H24N4O3S. The summed E-state index contributed by atoms with van der Waals surface area (Å²) >= 11 is 0. The number of hydrogen-bond acceptors (Lipinski definition) is 5. The van der Waals surface area contributed by atoms with Gasteiger partial charge in [-0.05, 0) is 26.3 Å². The summed E-state index contributed by atoms with van der Waals surface area (Å²) in [4.78, 5) is 0.233. The summed E-state index contributed by atoms with van der Waals surface area (Å²) in [6.07, 6.45) is 6.05. The van der Waals surface area contributed by atoms with Gasteiger partial charge in [0.15, 0.2) is 0 Å². The average Bonchev–Trinajstić information content (AvgIpc) is 2.95. The van der Waals surface area contributed by atoms with Crippen LogP contribution in [0.15, 0.2) is 17.3 Å². The van der Waals surface area contributed by atoms with E-state index in [0.717, 1.165) is 32.4 Å². The Morgan fingerprint density at radius 1 is 1.52 bits per heavy atom. The van der Waals surface area contributed by atoms with Crippen LogP contribution in [0.3, 0.4) is 0 Å². The second-order valence-electron chi connectivity index (χ2n) is 5.32. The summed E-state index contributed by atoms with van der Waals surface area (Å²) in [6, 6.07) is 0. The van der Waals surface area contributed by atoms with E-state index in [2.05, 4.69) is 10.4 Å². The lowest BCUT2D eigenvalue weighted by molar-refractivity contribution is 0.00858. The molecule has 1 fully saturated rings. The van der Waals surface area contributed by atoms with Crippen molar-refractivity contribution in [1.82, 2.24) is 19.4 Å². The van der Waals surface area contributed by atoms with Gasteiger partial charge < -0.3 is 10.1 Å². The van der Waals surface area contributed by atoms with Gasteiger partial charge >= 0.3 is 0 Å². The molecule has 0 radical (unpaired) electrons. The minimum Gasteiger partial charge on any atom is -0.377 e. The zero-order chi connectivity index (χ0) is 15.3. The fourth-order valence-electron chi connectivity index (χ4n) is 2.34. The van der Waals surface area contributed by atoms with Crippen LogP contribution < -0.4 is 5.32 Å². The van der Waals surface area contributed by atoms with Crippen molar-refractivity contribution in [1.29, 1.82) is 0 Å². The van der Waals surface area contributed by atoms with Crippen molar-refractivity contribution in [2.24, 2.45) is 0 Å². The summed E-state index contributed by atoms with van der Waals surface area (Å²) in [5.74, 6) is 0. The highest BCUT2D eigenvalue weighted by Crippen LogP contribution is 2.18. The number of aromatic nitrogens is 2. The third-order valence-corrected chi connectivity index (χ3v) is 5.42. The second kappa shape index (κ2) is 7.35. The summed E-state index contributed by atoms with van der Waals surface area (Å²) in [6.45, 7) is 2.50. The number of nitrogens with zero attached hydrogens (tertiary/aromatic N) is 3. The lowest BCUT2D eigenvalue weighted by atomic mass is 10.1. The maximum Gasteiger partial charge on any atom is 0.246 e. The second-order valence-corrected chi connectivity index (χ2v) is 7.36. The van der Waals surface area contributed by atoms with Crippen molar-refractivity contribution in [3.63, 3.8) is 0 Å². The van der Waals surface area contributed by atoms with E-state index >= 15 is 0 Å². The number of sulfonamides is 1. The molecule has 1 atom stereocenters. The molecule has 0 aliphatic carbocycles. The van der Waals surface area contributed by atoms with Crippen LogP contribution in [-0.2, 0) is 21.3 Å². The van der Waals surface area contributed by atoms with E-state index in [9.17, 15) is 8.42 Å². The summed E-state index contributed by atoms with van der Waals surface area (Å²) in [5.41, 5.74) is 0. The molecule has 2 rings (SSSR count). The van der Waals surface area contributed by atoms with Crippen LogP contribution in [0.1, 0.15) is 19.3 Å². The van der Waals surface area contributed by atoms with E-state index in [4.69, 9.17) is 4.74 Å². The highest BCUT2D eigenvalue weighted by Gasteiger charge is 2.26. The third kappa shape index (κ3) is 4.26. The normalized spacial score (nSPS) is 20.0. The molecule has 0 aromatic carbocycles. The number of ether oxygens (including phenoxy) is 1. The van der Waals surface area contributed by atoms with Crippen molar-refractivity contribution in [2.75, 3.05) is 33.8 Å². The highest BCUT2D eigenvalue weighted by molar-refractivity contribution is 7.89. The molecule has 0 spiro atoms.